The van der Waals surface area contributed by atoms with E-state index in [1.165, 1.54) is 14.2 Å². The number of ether oxygens (including phenoxy) is 2. The topological polar surface area (TPSA) is 123 Å². The molecule has 214 valence electrons. The van der Waals surface area contributed by atoms with Crippen molar-refractivity contribution in [3.8, 4) is 11.5 Å². The summed E-state index contributed by atoms with van der Waals surface area (Å²) in [5, 5.41) is 6.06. The number of hydrogen-bond donors (Lipinski definition) is 3. The molecule has 2 N–H and O–H groups in total. The van der Waals surface area contributed by atoms with Crippen molar-refractivity contribution in [3.63, 3.8) is 0 Å². The van der Waals surface area contributed by atoms with Gasteiger partial charge in [0.1, 0.15) is 11.5 Å². The van der Waals surface area contributed by atoms with Gasteiger partial charge in [-0.15, -0.1) is 0 Å². The van der Waals surface area contributed by atoms with E-state index in [-0.39, 0.29) is 29.7 Å². The Balaban J connectivity index is 1.53. The minimum Gasteiger partial charge on any atom is -0.497 e. The molecular weight excluding hydrogens is 554 g/mol. The zero-order valence-electron chi connectivity index (χ0n) is 23.2. The molecule has 0 saturated carbocycles. The predicted molar refractivity (Wildman–Crippen MR) is 165 cm³/mol. The first-order valence-corrected chi connectivity index (χ1v) is 14.1. The Hall–Kier alpha value is -5.16. The number of para-hydroxylation sites is 2. The first kappa shape index (κ1) is 28.4. The molecule has 0 fully saturated rings. The third kappa shape index (κ3) is 6.42. The number of hydrogen-bond acceptors (Lipinski definition) is 8. The Bertz CT molecular complexity index is 1810. The molecule has 0 saturated heterocycles. The van der Waals surface area contributed by atoms with Crippen LogP contribution in [-0.2, 0) is 22.1 Å². The second kappa shape index (κ2) is 12.6. The lowest BCUT2D eigenvalue weighted by Gasteiger charge is -2.21. The summed E-state index contributed by atoms with van der Waals surface area (Å²) >= 11 is 0. The quantitative estimate of drug-likeness (QED) is 0.183. The molecule has 1 amide bonds. The van der Waals surface area contributed by atoms with E-state index in [1.54, 1.807) is 60.7 Å². The smallest absolute Gasteiger partial charge is 0.230 e. The van der Waals surface area contributed by atoms with E-state index < -0.39 is 10.9 Å². The zero-order chi connectivity index (χ0) is 29.6. The molecule has 0 radical (unpaired) electrons. The van der Waals surface area contributed by atoms with Crippen molar-refractivity contribution < 1.29 is 22.7 Å². The van der Waals surface area contributed by atoms with Gasteiger partial charge in [-0.05, 0) is 48.4 Å². The maximum atomic E-state index is 12.8. The minimum atomic E-state index is -3.23. The number of carbonyl (C=O) groups excluding carboxylic acids is 1. The van der Waals surface area contributed by atoms with Crippen LogP contribution in [0.5, 0.6) is 11.5 Å². The monoisotopic (exact) mass is 583 g/mol. The fourth-order valence-electron chi connectivity index (χ4n) is 4.43. The van der Waals surface area contributed by atoms with Crippen molar-refractivity contribution in [1.82, 2.24) is 9.97 Å². The summed E-state index contributed by atoms with van der Waals surface area (Å²) in [5.41, 5.74) is 4.26. The molecule has 0 atom stereocenters. The van der Waals surface area contributed by atoms with Crippen LogP contribution in [0.2, 0.25) is 0 Å². The molecule has 1 aromatic heterocycles. The Morgan fingerprint density at radius 2 is 1.48 bits per heavy atom. The average Bonchev–Trinajstić information content (AvgIpc) is 2.98. The van der Waals surface area contributed by atoms with Gasteiger partial charge in [0.15, 0.2) is 11.6 Å². The van der Waals surface area contributed by atoms with Crippen molar-refractivity contribution >= 4 is 56.5 Å². The van der Waals surface area contributed by atoms with Crippen molar-refractivity contribution in [2.24, 2.45) is 0 Å². The lowest BCUT2D eigenvalue weighted by atomic mass is 10.1. The van der Waals surface area contributed by atoms with Crippen LogP contribution in [0.15, 0.2) is 91.0 Å². The van der Waals surface area contributed by atoms with Gasteiger partial charge in [-0.3, -0.25) is 4.79 Å². The highest BCUT2D eigenvalue weighted by molar-refractivity contribution is 7.74. The van der Waals surface area contributed by atoms with Crippen molar-refractivity contribution in [2.45, 2.75) is 13.3 Å². The third-order valence-electron chi connectivity index (χ3n) is 6.52. The van der Waals surface area contributed by atoms with Crippen LogP contribution in [0.25, 0.3) is 11.0 Å². The first-order valence-electron chi connectivity index (χ1n) is 13.0. The van der Waals surface area contributed by atoms with Crippen LogP contribution < -0.4 is 24.4 Å². The standard InChI is InChI=1S/C31H29N5O5S/c1-20-9-4-5-10-21(20)15-29(37)32-22-11-8-12-24(16-22)36(42(38)39)31-30(34-27-13-6-7-14-28(27)35-31)33-23-17-25(40-2)19-26(18-23)41-3/h4-14,16-19,42H,15H2,1-3H3,(H,32,37)(H,33,34). The highest BCUT2D eigenvalue weighted by Gasteiger charge is 2.21. The van der Waals surface area contributed by atoms with Crippen molar-refractivity contribution in [2.75, 3.05) is 29.2 Å². The molecule has 0 aliphatic carbocycles. The number of nitrogens with one attached hydrogen (secondary N) is 2. The number of methoxy groups -OCH3 is 2. The van der Waals surface area contributed by atoms with Gasteiger partial charge in [-0.1, -0.05) is 42.5 Å². The molecular formula is C31H29N5O5S. The number of anilines is 5. The summed E-state index contributed by atoms with van der Waals surface area (Å²) in [6.45, 7) is 1.95. The maximum absolute atomic E-state index is 12.8. The Morgan fingerprint density at radius 1 is 0.810 bits per heavy atom. The summed E-state index contributed by atoms with van der Waals surface area (Å²) in [7, 11) is -0.153. The normalized spacial score (nSPS) is 10.9. The summed E-state index contributed by atoms with van der Waals surface area (Å²) < 4.78 is 37.4. The summed E-state index contributed by atoms with van der Waals surface area (Å²) in [5.74, 6) is 1.09. The molecule has 0 aliphatic heterocycles. The van der Waals surface area contributed by atoms with Crippen molar-refractivity contribution in [3.05, 3.63) is 102 Å². The Morgan fingerprint density at radius 3 is 2.14 bits per heavy atom. The van der Waals surface area contributed by atoms with Crippen molar-refractivity contribution in [1.29, 1.82) is 0 Å². The second-order valence-corrected chi connectivity index (χ2v) is 10.2. The SMILES string of the molecule is COc1cc(Nc2nc3ccccc3nc2N(c2cccc(NC(=O)Cc3ccccc3C)c2)[SH](=O)=O)cc(OC)c1. The number of carbonyl (C=O) groups is 1. The van der Waals surface area contributed by atoms with E-state index in [2.05, 4.69) is 15.6 Å². The third-order valence-corrected chi connectivity index (χ3v) is 7.26. The van der Waals surface area contributed by atoms with Crippen LogP contribution >= 0.6 is 0 Å². The number of nitrogens with zero attached hydrogens (tertiary/aromatic N) is 3. The van der Waals surface area contributed by atoms with Crippen LogP contribution in [-0.4, -0.2) is 38.5 Å². The molecule has 42 heavy (non-hydrogen) atoms. The van der Waals surface area contributed by atoms with Gasteiger partial charge in [-0.2, -0.15) is 0 Å². The zero-order valence-corrected chi connectivity index (χ0v) is 24.1. The molecule has 0 aliphatic rings. The molecule has 11 heteroatoms. The lowest BCUT2D eigenvalue weighted by molar-refractivity contribution is -0.115. The van der Waals surface area contributed by atoms with E-state index in [9.17, 15) is 13.2 Å². The number of fused-ring (bicyclic) bond motifs is 1. The lowest BCUT2D eigenvalue weighted by Crippen LogP contribution is -2.19. The number of aryl methyl sites for hydroxylation is 1. The molecule has 1 heterocycles. The number of rotatable bonds is 10. The summed E-state index contributed by atoms with van der Waals surface area (Å²) in [6.07, 6.45) is 0.185. The number of benzene rings is 4. The largest absolute Gasteiger partial charge is 0.497 e. The summed E-state index contributed by atoms with van der Waals surface area (Å²) in [4.78, 5) is 22.2. The van der Waals surface area contributed by atoms with Crippen LogP contribution in [0, 0.1) is 6.92 Å². The van der Waals surface area contributed by atoms with E-state index in [0.717, 1.165) is 15.4 Å². The van der Waals surface area contributed by atoms with Gasteiger partial charge >= 0.3 is 0 Å². The highest BCUT2D eigenvalue weighted by atomic mass is 32.2. The number of aromatic nitrogens is 2. The molecule has 4 aromatic carbocycles. The minimum absolute atomic E-state index is 0.0509. The molecule has 0 bridgehead atoms. The Labute approximate surface area is 245 Å². The van der Waals surface area contributed by atoms with Gasteiger partial charge < -0.3 is 20.1 Å². The van der Waals surface area contributed by atoms with Gasteiger partial charge in [-0.25, -0.2) is 22.7 Å². The van der Waals surface area contributed by atoms with Gasteiger partial charge in [0.05, 0.1) is 37.4 Å². The van der Waals surface area contributed by atoms with E-state index >= 15 is 0 Å². The molecule has 5 aromatic rings. The highest BCUT2D eigenvalue weighted by Crippen LogP contribution is 2.35. The van der Waals surface area contributed by atoms with E-state index in [0.29, 0.717) is 33.9 Å². The molecule has 10 nitrogen and oxygen atoms in total. The average molecular weight is 584 g/mol. The molecule has 0 unspecified atom stereocenters. The molecule has 0 spiro atoms. The summed E-state index contributed by atoms with van der Waals surface area (Å²) in [6, 6.07) is 26.6. The number of amides is 1. The predicted octanol–water partition coefficient (Wildman–Crippen LogP) is 5.54. The number of thiol groups is 1. The second-order valence-electron chi connectivity index (χ2n) is 9.36. The van der Waals surface area contributed by atoms with Gasteiger partial charge in [0.25, 0.3) is 0 Å². The van der Waals surface area contributed by atoms with Gasteiger partial charge in [0, 0.05) is 29.6 Å². The van der Waals surface area contributed by atoms with E-state index in [4.69, 9.17) is 14.5 Å². The fourth-order valence-corrected chi connectivity index (χ4v) is 5.04. The van der Waals surface area contributed by atoms with E-state index in [1.807, 2.05) is 37.3 Å². The Kier molecular flexibility index (Phi) is 8.49. The molecule has 5 rings (SSSR count). The van der Waals surface area contributed by atoms with Gasteiger partial charge in [0.2, 0.25) is 16.8 Å². The maximum Gasteiger partial charge on any atom is 0.230 e. The fraction of sp³-hybridized carbons (Fsp3) is 0.129. The van der Waals surface area contributed by atoms with Crippen LogP contribution in [0.3, 0.4) is 0 Å². The van der Waals surface area contributed by atoms with Crippen LogP contribution in [0.1, 0.15) is 11.1 Å². The first-order chi connectivity index (χ1) is 20.3. The van der Waals surface area contributed by atoms with Crippen LogP contribution in [0.4, 0.5) is 28.7 Å².